The van der Waals surface area contributed by atoms with E-state index < -0.39 is 48.7 Å². The first-order valence-electron chi connectivity index (χ1n) is 10.1. The molecule has 1 heterocycles. The first kappa shape index (κ1) is 25.8. The maximum atomic E-state index is 12.8. The molecule has 3 rings (SSSR count). The zero-order chi connectivity index (χ0) is 25.8. The third kappa shape index (κ3) is 6.19. The zero-order valence-corrected chi connectivity index (χ0v) is 17.8. The summed E-state index contributed by atoms with van der Waals surface area (Å²) >= 11 is 0. The van der Waals surface area contributed by atoms with Crippen molar-refractivity contribution < 1.29 is 46.6 Å². The van der Waals surface area contributed by atoms with Gasteiger partial charge in [0.15, 0.2) is 0 Å². The Morgan fingerprint density at radius 2 is 1.80 bits per heavy atom. The summed E-state index contributed by atoms with van der Waals surface area (Å²) in [6.45, 7) is -1.83. The summed E-state index contributed by atoms with van der Waals surface area (Å²) in [6, 6.07) is 9.59. The summed E-state index contributed by atoms with van der Waals surface area (Å²) in [4.78, 5) is 49.2. The number of carbonyl (C=O) groups excluding carboxylic acids is 3. The SMILES string of the molecule is O=C(O)c1cccc(N2C(=O)CC(NNC(=O)c3ccc(COCC(F)(F)C(F)F)cc3)C2=O)c1. The van der Waals surface area contributed by atoms with Gasteiger partial charge >= 0.3 is 18.3 Å². The molecule has 0 bridgehead atoms. The first-order chi connectivity index (χ1) is 16.5. The van der Waals surface area contributed by atoms with Crippen LogP contribution in [0.15, 0.2) is 48.5 Å². The van der Waals surface area contributed by atoms with Crippen LogP contribution in [0.25, 0.3) is 0 Å². The second-order valence-electron chi connectivity index (χ2n) is 7.53. The summed E-state index contributed by atoms with van der Waals surface area (Å²) in [5.41, 5.74) is 5.20. The molecule has 0 spiro atoms. The Kier molecular flexibility index (Phi) is 7.82. The Labute approximate surface area is 195 Å². The van der Waals surface area contributed by atoms with Gasteiger partial charge in [-0.3, -0.25) is 19.8 Å². The average Bonchev–Trinajstić information content (AvgIpc) is 3.10. The molecule has 9 nitrogen and oxygen atoms in total. The molecule has 1 atom stereocenters. The molecule has 0 aliphatic carbocycles. The molecule has 0 radical (unpaired) electrons. The highest BCUT2D eigenvalue weighted by Crippen LogP contribution is 2.24. The van der Waals surface area contributed by atoms with Crippen LogP contribution in [0.2, 0.25) is 0 Å². The third-order valence-corrected chi connectivity index (χ3v) is 4.96. The number of nitrogens with zero attached hydrogens (tertiary/aromatic N) is 1. The van der Waals surface area contributed by atoms with Crippen LogP contribution in [0.1, 0.15) is 32.7 Å². The van der Waals surface area contributed by atoms with Crippen molar-refractivity contribution in [2.75, 3.05) is 11.5 Å². The van der Waals surface area contributed by atoms with Crippen molar-refractivity contribution in [1.29, 1.82) is 0 Å². The van der Waals surface area contributed by atoms with E-state index in [0.717, 1.165) is 4.90 Å². The van der Waals surface area contributed by atoms with Crippen LogP contribution in [-0.4, -0.2) is 53.8 Å². The highest BCUT2D eigenvalue weighted by molar-refractivity contribution is 6.22. The molecule has 2 aromatic carbocycles. The van der Waals surface area contributed by atoms with Crippen LogP contribution < -0.4 is 15.8 Å². The highest BCUT2D eigenvalue weighted by atomic mass is 19.3. The number of carboxylic acid groups (broad SMARTS) is 1. The van der Waals surface area contributed by atoms with Gasteiger partial charge in [-0.1, -0.05) is 18.2 Å². The van der Waals surface area contributed by atoms with E-state index >= 15 is 0 Å². The molecule has 35 heavy (non-hydrogen) atoms. The molecule has 1 aliphatic heterocycles. The standard InChI is InChI=1S/C22H19F4N3O6/c23-21(24)22(25,26)11-35-10-12-4-6-13(7-5-12)18(31)28-27-16-9-17(30)29(19(16)32)15-3-1-2-14(8-15)20(33)34/h1-8,16,21,27H,9-11H2,(H,28,31)(H,33,34). The number of rotatable bonds is 10. The number of hydrogen-bond donors (Lipinski definition) is 3. The Hall–Kier alpha value is -3.84. The number of imide groups is 1. The topological polar surface area (TPSA) is 125 Å². The fourth-order valence-corrected chi connectivity index (χ4v) is 3.14. The van der Waals surface area contributed by atoms with Gasteiger partial charge in [0.2, 0.25) is 5.91 Å². The maximum absolute atomic E-state index is 12.8. The first-order valence-corrected chi connectivity index (χ1v) is 10.1. The van der Waals surface area contributed by atoms with Crippen LogP contribution in [0.4, 0.5) is 23.2 Å². The molecule has 1 unspecified atom stereocenters. The summed E-state index contributed by atoms with van der Waals surface area (Å²) in [6.07, 6.45) is -4.12. The number of benzene rings is 2. The molecule has 3 N–H and O–H groups in total. The van der Waals surface area contributed by atoms with Crippen LogP contribution in [0.3, 0.4) is 0 Å². The predicted molar refractivity (Wildman–Crippen MR) is 112 cm³/mol. The van der Waals surface area contributed by atoms with E-state index in [9.17, 15) is 36.7 Å². The lowest BCUT2D eigenvalue weighted by atomic mass is 10.1. The van der Waals surface area contributed by atoms with Gasteiger partial charge in [0.1, 0.15) is 12.6 Å². The van der Waals surface area contributed by atoms with Gasteiger partial charge in [0.05, 0.1) is 24.3 Å². The van der Waals surface area contributed by atoms with E-state index in [1.807, 2.05) is 0 Å². The van der Waals surface area contributed by atoms with Crippen molar-refractivity contribution in [3.8, 4) is 0 Å². The molecule has 0 saturated carbocycles. The number of halogens is 4. The highest BCUT2D eigenvalue weighted by Gasteiger charge is 2.41. The minimum atomic E-state index is -4.26. The Balaban J connectivity index is 1.54. The van der Waals surface area contributed by atoms with Gasteiger partial charge < -0.3 is 9.84 Å². The molecule has 13 heteroatoms. The molecule has 1 saturated heterocycles. The van der Waals surface area contributed by atoms with Gasteiger partial charge in [-0.2, -0.15) is 8.78 Å². The third-order valence-electron chi connectivity index (χ3n) is 4.96. The van der Waals surface area contributed by atoms with Crippen molar-refractivity contribution in [3.05, 3.63) is 65.2 Å². The number of ether oxygens (including phenoxy) is 1. The maximum Gasteiger partial charge on any atom is 0.335 e. The molecule has 1 fully saturated rings. The van der Waals surface area contributed by atoms with Gasteiger partial charge in [0, 0.05) is 5.56 Å². The minimum Gasteiger partial charge on any atom is -0.478 e. The normalized spacial score (nSPS) is 16.1. The van der Waals surface area contributed by atoms with Crippen molar-refractivity contribution in [2.24, 2.45) is 0 Å². The molecule has 0 aromatic heterocycles. The number of carbonyl (C=O) groups is 4. The summed E-state index contributed by atoms with van der Waals surface area (Å²) < 4.78 is 54.5. The summed E-state index contributed by atoms with van der Waals surface area (Å²) in [5, 5.41) is 9.09. The van der Waals surface area contributed by atoms with Crippen LogP contribution in [-0.2, 0) is 20.9 Å². The summed E-state index contributed by atoms with van der Waals surface area (Å²) in [5.74, 6) is -7.44. The van der Waals surface area contributed by atoms with Crippen molar-refractivity contribution in [2.45, 2.75) is 31.4 Å². The van der Waals surface area contributed by atoms with E-state index in [-0.39, 0.29) is 29.8 Å². The molecular weight excluding hydrogens is 478 g/mol. The van der Waals surface area contributed by atoms with Crippen molar-refractivity contribution >= 4 is 29.4 Å². The summed E-state index contributed by atoms with van der Waals surface area (Å²) in [7, 11) is 0. The smallest absolute Gasteiger partial charge is 0.335 e. The fraction of sp³-hybridized carbons (Fsp3) is 0.273. The zero-order valence-electron chi connectivity index (χ0n) is 17.8. The molecular formula is C22H19F4N3O6. The van der Waals surface area contributed by atoms with Gasteiger partial charge in [-0.15, -0.1) is 0 Å². The monoisotopic (exact) mass is 497 g/mol. The lowest BCUT2D eigenvalue weighted by molar-refractivity contribution is -0.168. The number of alkyl halides is 4. The Morgan fingerprint density at radius 3 is 2.43 bits per heavy atom. The van der Waals surface area contributed by atoms with Gasteiger partial charge in [0.25, 0.3) is 11.8 Å². The lowest BCUT2D eigenvalue weighted by Gasteiger charge is -2.16. The van der Waals surface area contributed by atoms with Gasteiger partial charge in [-0.05, 0) is 35.9 Å². The van der Waals surface area contributed by atoms with E-state index in [2.05, 4.69) is 15.6 Å². The van der Waals surface area contributed by atoms with Crippen LogP contribution in [0, 0.1) is 0 Å². The van der Waals surface area contributed by atoms with Crippen molar-refractivity contribution in [3.63, 3.8) is 0 Å². The number of hydrazine groups is 1. The molecule has 186 valence electrons. The average molecular weight is 497 g/mol. The largest absolute Gasteiger partial charge is 0.478 e. The number of aromatic carboxylic acids is 1. The number of hydrogen-bond acceptors (Lipinski definition) is 6. The minimum absolute atomic E-state index is 0.0830. The number of carboxylic acids is 1. The van der Waals surface area contributed by atoms with E-state index in [4.69, 9.17) is 5.11 Å². The lowest BCUT2D eigenvalue weighted by Crippen LogP contribution is -2.48. The predicted octanol–water partition coefficient (Wildman–Crippen LogP) is 2.37. The van der Waals surface area contributed by atoms with Gasteiger partial charge in [-0.25, -0.2) is 23.9 Å². The second-order valence-corrected chi connectivity index (χ2v) is 7.53. The molecule has 3 amide bonds. The number of amides is 3. The Morgan fingerprint density at radius 1 is 1.11 bits per heavy atom. The van der Waals surface area contributed by atoms with E-state index in [0.29, 0.717) is 5.56 Å². The van der Waals surface area contributed by atoms with E-state index in [1.54, 1.807) is 0 Å². The quantitative estimate of drug-likeness (QED) is 0.262. The number of nitrogens with one attached hydrogen (secondary N) is 2. The van der Waals surface area contributed by atoms with Crippen molar-refractivity contribution in [1.82, 2.24) is 10.9 Å². The second kappa shape index (κ2) is 10.6. The fourth-order valence-electron chi connectivity index (χ4n) is 3.14. The molecule has 1 aliphatic rings. The van der Waals surface area contributed by atoms with Crippen LogP contribution in [0.5, 0.6) is 0 Å². The Bertz CT molecular complexity index is 1130. The molecule has 2 aromatic rings. The van der Waals surface area contributed by atoms with Crippen LogP contribution >= 0.6 is 0 Å². The number of anilines is 1. The van der Waals surface area contributed by atoms with E-state index in [1.165, 1.54) is 48.5 Å².